The second-order valence-electron chi connectivity index (χ2n) is 3.80. The Morgan fingerprint density at radius 2 is 2.16 bits per heavy atom. The molecule has 2 aromatic rings. The van der Waals surface area contributed by atoms with Crippen LogP contribution in [0.4, 0.5) is 0 Å². The molecule has 1 heterocycles. The molecule has 0 spiro atoms. The second-order valence-corrected chi connectivity index (χ2v) is 5.10. The molecule has 98 valence electrons. The first-order valence-electron chi connectivity index (χ1n) is 5.20. The summed E-state index contributed by atoms with van der Waals surface area (Å²) in [5.74, 6) is -1.01. The molecule has 2 N–H and O–H groups in total. The third-order valence-corrected chi connectivity index (χ3v) is 3.39. The van der Waals surface area contributed by atoms with Crippen LogP contribution in [0.2, 0.25) is 5.02 Å². The number of aryl methyl sites for hydroxylation is 1. The first-order valence-corrected chi connectivity index (χ1v) is 6.37. The minimum atomic E-state index is -1.30. The Hall–Kier alpha value is -1.66. The van der Waals surface area contributed by atoms with Crippen LogP contribution in [0.3, 0.4) is 0 Å². The van der Waals surface area contributed by atoms with Crippen LogP contribution >= 0.6 is 27.5 Å². The van der Waals surface area contributed by atoms with Gasteiger partial charge < -0.3 is 10.1 Å². The molecule has 0 fully saturated rings. The Bertz CT molecular complexity index is 727. The minimum Gasteiger partial charge on any atom is -0.477 e. The Balaban J connectivity index is 2.65. The van der Waals surface area contributed by atoms with Gasteiger partial charge in [-0.15, -0.1) is 0 Å². The fourth-order valence-electron chi connectivity index (χ4n) is 1.65. The molecule has 0 atom stereocenters. The van der Waals surface area contributed by atoms with Gasteiger partial charge in [-0.25, -0.2) is 9.78 Å². The van der Waals surface area contributed by atoms with E-state index in [0.717, 1.165) is 0 Å². The topological polar surface area (TPSA) is 83.0 Å². The maximum absolute atomic E-state index is 11.7. The molecule has 0 bridgehead atoms. The van der Waals surface area contributed by atoms with Crippen molar-refractivity contribution in [2.24, 2.45) is 0 Å². The third-order valence-electron chi connectivity index (χ3n) is 2.50. The Labute approximate surface area is 121 Å². The highest BCUT2D eigenvalue weighted by atomic mass is 79.9. The van der Waals surface area contributed by atoms with Crippen LogP contribution in [0.25, 0.3) is 11.4 Å². The number of H-pyrrole nitrogens is 1. The van der Waals surface area contributed by atoms with E-state index in [9.17, 15) is 9.59 Å². The summed E-state index contributed by atoms with van der Waals surface area (Å²) in [5.41, 5.74) is -0.250. The van der Waals surface area contributed by atoms with Crippen molar-refractivity contribution in [1.82, 2.24) is 9.97 Å². The summed E-state index contributed by atoms with van der Waals surface area (Å²) in [6.07, 6.45) is 0. The standard InChI is InChI=1S/C12H8BrClN2O3/c1-5-9(12(18)19)11(17)16-10(15-5)7-3-2-6(14)4-8(7)13/h2-4H,1H3,(H,18,19)(H,15,16,17). The number of carboxylic acids is 1. The van der Waals surface area contributed by atoms with Crippen molar-refractivity contribution in [3.8, 4) is 11.4 Å². The minimum absolute atomic E-state index is 0.160. The van der Waals surface area contributed by atoms with E-state index in [2.05, 4.69) is 25.9 Å². The zero-order valence-corrected chi connectivity index (χ0v) is 12.0. The lowest BCUT2D eigenvalue weighted by molar-refractivity contribution is 0.0693. The summed E-state index contributed by atoms with van der Waals surface area (Å²) in [7, 11) is 0. The van der Waals surface area contributed by atoms with E-state index < -0.39 is 11.5 Å². The Kier molecular flexibility index (Phi) is 3.73. The molecule has 2 rings (SSSR count). The molecule has 0 radical (unpaired) electrons. The number of carboxylic acid groups (broad SMARTS) is 1. The normalized spacial score (nSPS) is 10.5. The van der Waals surface area contributed by atoms with Crippen LogP contribution in [0.1, 0.15) is 16.1 Å². The van der Waals surface area contributed by atoms with Gasteiger partial charge in [0.2, 0.25) is 0 Å². The summed E-state index contributed by atoms with van der Waals surface area (Å²) in [4.78, 5) is 29.2. The van der Waals surface area contributed by atoms with Crippen LogP contribution in [0.5, 0.6) is 0 Å². The predicted octanol–water partition coefficient (Wildman–Crippen LogP) is 2.86. The number of hydrogen-bond acceptors (Lipinski definition) is 3. The SMILES string of the molecule is Cc1nc(-c2ccc(Cl)cc2Br)[nH]c(=O)c1C(=O)O. The molecule has 0 amide bonds. The average molecular weight is 344 g/mol. The van der Waals surface area contributed by atoms with Crippen LogP contribution in [0.15, 0.2) is 27.5 Å². The average Bonchev–Trinajstić information content (AvgIpc) is 2.26. The number of aromatic nitrogens is 2. The monoisotopic (exact) mass is 342 g/mol. The van der Waals surface area contributed by atoms with E-state index in [4.69, 9.17) is 16.7 Å². The molecule has 1 aromatic heterocycles. The highest BCUT2D eigenvalue weighted by molar-refractivity contribution is 9.10. The van der Waals surface area contributed by atoms with E-state index in [1.807, 2.05) is 0 Å². The molecule has 0 aliphatic carbocycles. The van der Waals surface area contributed by atoms with Gasteiger partial charge in [-0.05, 0) is 41.1 Å². The highest BCUT2D eigenvalue weighted by Crippen LogP contribution is 2.28. The lowest BCUT2D eigenvalue weighted by atomic mass is 10.2. The van der Waals surface area contributed by atoms with E-state index in [-0.39, 0.29) is 17.1 Å². The Morgan fingerprint density at radius 1 is 1.47 bits per heavy atom. The molecule has 19 heavy (non-hydrogen) atoms. The van der Waals surface area contributed by atoms with E-state index in [0.29, 0.717) is 15.1 Å². The number of carbonyl (C=O) groups is 1. The maximum Gasteiger partial charge on any atom is 0.343 e. The predicted molar refractivity (Wildman–Crippen MR) is 74.7 cm³/mol. The first-order chi connectivity index (χ1) is 8.90. The maximum atomic E-state index is 11.7. The van der Waals surface area contributed by atoms with E-state index in [1.165, 1.54) is 6.92 Å². The van der Waals surface area contributed by atoms with Crippen molar-refractivity contribution in [3.63, 3.8) is 0 Å². The number of benzene rings is 1. The van der Waals surface area contributed by atoms with Gasteiger partial charge in [0.05, 0.1) is 5.69 Å². The number of nitrogens with one attached hydrogen (secondary N) is 1. The first kappa shape index (κ1) is 13.8. The van der Waals surface area contributed by atoms with Crippen LogP contribution in [-0.4, -0.2) is 21.0 Å². The Morgan fingerprint density at radius 3 is 2.68 bits per heavy atom. The van der Waals surface area contributed by atoms with Crippen LogP contribution < -0.4 is 5.56 Å². The summed E-state index contributed by atoms with van der Waals surface area (Å²) < 4.78 is 0.658. The molecule has 0 unspecified atom stereocenters. The molecule has 0 saturated heterocycles. The molecule has 0 saturated carbocycles. The lowest BCUT2D eigenvalue weighted by Gasteiger charge is -2.06. The molecular weight excluding hydrogens is 336 g/mol. The number of aromatic amines is 1. The van der Waals surface area contributed by atoms with Gasteiger partial charge in [0, 0.05) is 15.1 Å². The smallest absolute Gasteiger partial charge is 0.343 e. The van der Waals surface area contributed by atoms with Crippen molar-refractivity contribution in [1.29, 1.82) is 0 Å². The van der Waals surface area contributed by atoms with Gasteiger partial charge in [0.1, 0.15) is 11.4 Å². The number of halogens is 2. The van der Waals surface area contributed by atoms with Gasteiger partial charge in [-0.3, -0.25) is 4.79 Å². The van der Waals surface area contributed by atoms with Crippen molar-refractivity contribution in [3.05, 3.63) is 49.3 Å². The largest absolute Gasteiger partial charge is 0.477 e. The fourth-order valence-corrected chi connectivity index (χ4v) is 2.52. The van der Waals surface area contributed by atoms with Gasteiger partial charge >= 0.3 is 5.97 Å². The molecule has 5 nitrogen and oxygen atoms in total. The molecule has 7 heteroatoms. The number of rotatable bonds is 2. The number of aromatic carboxylic acids is 1. The lowest BCUT2D eigenvalue weighted by Crippen LogP contribution is -2.21. The zero-order chi connectivity index (χ0) is 14.2. The quantitative estimate of drug-likeness (QED) is 0.878. The van der Waals surface area contributed by atoms with E-state index >= 15 is 0 Å². The number of nitrogens with zero attached hydrogens (tertiary/aromatic N) is 1. The molecule has 0 aliphatic rings. The summed E-state index contributed by atoms with van der Waals surface area (Å²) in [6, 6.07) is 5.00. The summed E-state index contributed by atoms with van der Waals surface area (Å²) >= 11 is 9.15. The van der Waals surface area contributed by atoms with Gasteiger partial charge in [-0.2, -0.15) is 0 Å². The van der Waals surface area contributed by atoms with Crippen LogP contribution in [0, 0.1) is 6.92 Å². The highest BCUT2D eigenvalue weighted by Gasteiger charge is 2.16. The molecule has 0 aliphatic heterocycles. The fraction of sp³-hybridized carbons (Fsp3) is 0.0833. The van der Waals surface area contributed by atoms with Gasteiger partial charge in [0.25, 0.3) is 5.56 Å². The molecule has 1 aromatic carbocycles. The van der Waals surface area contributed by atoms with Crippen molar-refractivity contribution in [2.75, 3.05) is 0 Å². The van der Waals surface area contributed by atoms with Gasteiger partial charge in [-0.1, -0.05) is 11.6 Å². The number of hydrogen-bond donors (Lipinski definition) is 2. The summed E-state index contributed by atoms with van der Waals surface area (Å²) in [6.45, 7) is 1.48. The molecular formula is C12H8BrClN2O3. The zero-order valence-electron chi connectivity index (χ0n) is 9.70. The van der Waals surface area contributed by atoms with Gasteiger partial charge in [0.15, 0.2) is 0 Å². The van der Waals surface area contributed by atoms with Crippen molar-refractivity contribution in [2.45, 2.75) is 6.92 Å². The van der Waals surface area contributed by atoms with Crippen molar-refractivity contribution < 1.29 is 9.90 Å². The third kappa shape index (κ3) is 2.69. The van der Waals surface area contributed by atoms with Crippen LogP contribution in [-0.2, 0) is 0 Å². The van der Waals surface area contributed by atoms with E-state index in [1.54, 1.807) is 18.2 Å². The second kappa shape index (κ2) is 5.14. The van der Waals surface area contributed by atoms with Crippen molar-refractivity contribution >= 4 is 33.5 Å². The summed E-state index contributed by atoms with van der Waals surface area (Å²) in [5, 5.41) is 9.45.